The lowest BCUT2D eigenvalue weighted by molar-refractivity contribution is -0.145. The minimum atomic E-state index is -2.66. The quantitative estimate of drug-likeness (QED) is 0.649. The second-order valence-electron chi connectivity index (χ2n) is 8.60. The van der Waals surface area contributed by atoms with Crippen LogP contribution in [0.1, 0.15) is 42.6 Å². The molecule has 4 rings (SSSR count). The lowest BCUT2D eigenvalue weighted by Gasteiger charge is -2.43. The van der Waals surface area contributed by atoms with Crippen molar-refractivity contribution in [3.8, 4) is 11.3 Å². The van der Waals surface area contributed by atoms with Gasteiger partial charge < -0.3 is 14.9 Å². The van der Waals surface area contributed by atoms with Crippen molar-refractivity contribution < 1.29 is 36.8 Å². The predicted molar refractivity (Wildman–Crippen MR) is 108 cm³/mol. The number of aromatic nitrogens is 1. The maximum atomic E-state index is 14.0. The number of piperidine rings is 1. The zero-order chi connectivity index (χ0) is 23.8. The van der Waals surface area contributed by atoms with Crippen molar-refractivity contribution in [3.05, 3.63) is 41.6 Å². The van der Waals surface area contributed by atoms with Crippen molar-refractivity contribution in [2.24, 2.45) is 5.92 Å². The van der Waals surface area contributed by atoms with E-state index in [9.17, 15) is 32.3 Å². The van der Waals surface area contributed by atoms with Crippen molar-refractivity contribution in [2.45, 2.75) is 50.1 Å². The molecule has 0 radical (unpaired) electrons. The Morgan fingerprint density at radius 2 is 1.88 bits per heavy atom. The van der Waals surface area contributed by atoms with Crippen LogP contribution in [0.15, 0.2) is 28.8 Å². The molecule has 2 fully saturated rings. The Morgan fingerprint density at radius 3 is 2.55 bits per heavy atom. The van der Waals surface area contributed by atoms with Crippen LogP contribution in [0.25, 0.3) is 11.3 Å². The first-order valence-electron chi connectivity index (χ1n) is 10.7. The SMILES string of the molecule is O=C(NC1CCN(C2CCC(F)(F)CC2)CC1C(=O)O)c1cc(-c2ccc(F)cc2F)on1. The third-order valence-electron chi connectivity index (χ3n) is 6.42. The largest absolute Gasteiger partial charge is 0.481 e. The summed E-state index contributed by atoms with van der Waals surface area (Å²) in [6.45, 7) is 0.608. The third kappa shape index (κ3) is 5.18. The van der Waals surface area contributed by atoms with Gasteiger partial charge in [0, 0.05) is 50.1 Å². The number of benzene rings is 1. The van der Waals surface area contributed by atoms with Gasteiger partial charge in [0.2, 0.25) is 5.92 Å². The number of nitrogens with one attached hydrogen (secondary N) is 1. The summed E-state index contributed by atoms with van der Waals surface area (Å²) in [5, 5.41) is 16.0. The molecule has 2 aliphatic rings. The Balaban J connectivity index is 1.41. The number of carbonyl (C=O) groups is 2. The van der Waals surface area contributed by atoms with E-state index in [-0.39, 0.29) is 42.4 Å². The highest BCUT2D eigenvalue weighted by atomic mass is 19.3. The van der Waals surface area contributed by atoms with Crippen LogP contribution in [-0.4, -0.2) is 58.1 Å². The van der Waals surface area contributed by atoms with E-state index < -0.39 is 41.4 Å². The first-order chi connectivity index (χ1) is 15.6. The minimum Gasteiger partial charge on any atom is -0.481 e. The van der Waals surface area contributed by atoms with Crippen LogP contribution < -0.4 is 5.32 Å². The molecular formula is C22H23F4N3O4. The summed E-state index contributed by atoms with van der Waals surface area (Å²) in [5.41, 5.74) is -0.243. The van der Waals surface area contributed by atoms with E-state index in [1.54, 1.807) is 0 Å². The molecule has 1 aliphatic heterocycles. The summed E-state index contributed by atoms with van der Waals surface area (Å²) in [6, 6.07) is 3.27. The predicted octanol–water partition coefficient (Wildman–Crippen LogP) is 3.70. The van der Waals surface area contributed by atoms with Gasteiger partial charge in [-0.05, 0) is 31.4 Å². The molecule has 1 aromatic carbocycles. The topological polar surface area (TPSA) is 95.7 Å². The van der Waals surface area contributed by atoms with Crippen LogP contribution in [0.3, 0.4) is 0 Å². The van der Waals surface area contributed by atoms with E-state index in [0.717, 1.165) is 12.1 Å². The summed E-state index contributed by atoms with van der Waals surface area (Å²) < 4.78 is 59.0. The highest BCUT2D eigenvalue weighted by molar-refractivity contribution is 5.93. The van der Waals surface area contributed by atoms with Gasteiger partial charge in [-0.15, -0.1) is 0 Å². The second kappa shape index (κ2) is 9.12. The molecule has 2 heterocycles. The maximum Gasteiger partial charge on any atom is 0.309 e. The van der Waals surface area contributed by atoms with Crippen LogP contribution in [0.5, 0.6) is 0 Å². The number of hydrogen-bond acceptors (Lipinski definition) is 5. The average molecular weight is 469 g/mol. The fourth-order valence-corrected chi connectivity index (χ4v) is 4.56. The van der Waals surface area contributed by atoms with Crippen molar-refractivity contribution in [3.63, 3.8) is 0 Å². The summed E-state index contributed by atoms with van der Waals surface area (Å²) in [4.78, 5) is 26.4. The highest BCUT2D eigenvalue weighted by Gasteiger charge is 2.41. The standard InChI is InChI=1S/C22H23F4N3O4/c23-12-1-2-14(16(24)9-12)19-10-18(28-33-19)20(30)27-17-5-8-29(11-15(17)21(31)32)13-3-6-22(25,26)7-4-13/h1-2,9-10,13,15,17H,3-8,11H2,(H,27,30)(H,31,32). The first kappa shape index (κ1) is 23.2. The normalized spacial score (nSPS) is 23.9. The number of carboxylic acid groups (broad SMARTS) is 1. The summed E-state index contributed by atoms with van der Waals surface area (Å²) in [5.74, 6) is -7.08. The number of rotatable bonds is 5. The van der Waals surface area contributed by atoms with E-state index in [1.165, 1.54) is 6.07 Å². The molecule has 1 amide bonds. The fraction of sp³-hybridized carbons (Fsp3) is 0.500. The molecule has 11 heteroatoms. The van der Waals surface area contributed by atoms with Gasteiger partial charge in [-0.25, -0.2) is 17.6 Å². The second-order valence-corrected chi connectivity index (χ2v) is 8.60. The number of carbonyl (C=O) groups excluding carboxylic acids is 1. The van der Waals surface area contributed by atoms with Crippen LogP contribution >= 0.6 is 0 Å². The van der Waals surface area contributed by atoms with Crippen LogP contribution in [0, 0.1) is 17.6 Å². The van der Waals surface area contributed by atoms with Gasteiger partial charge in [0.15, 0.2) is 11.5 Å². The van der Waals surface area contributed by atoms with E-state index in [4.69, 9.17) is 4.52 Å². The molecule has 2 unspecified atom stereocenters. The molecule has 1 saturated carbocycles. The van der Waals surface area contributed by atoms with Gasteiger partial charge in [-0.3, -0.25) is 14.5 Å². The molecule has 178 valence electrons. The Labute approximate surface area is 186 Å². The number of carboxylic acids is 1. The van der Waals surface area contributed by atoms with Crippen LogP contribution in [-0.2, 0) is 4.79 Å². The van der Waals surface area contributed by atoms with Gasteiger partial charge >= 0.3 is 5.97 Å². The number of amides is 1. The van der Waals surface area contributed by atoms with Crippen molar-refractivity contribution >= 4 is 11.9 Å². The number of nitrogens with zero attached hydrogens (tertiary/aromatic N) is 2. The smallest absolute Gasteiger partial charge is 0.309 e. The average Bonchev–Trinajstić information content (AvgIpc) is 3.24. The van der Waals surface area contributed by atoms with Gasteiger partial charge in [0.25, 0.3) is 5.91 Å². The molecule has 2 aromatic rings. The van der Waals surface area contributed by atoms with Crippen LogP contribution in [0.4, 0.5) is 17.6 Å². The third-order valence-corrected chi connectivity index (χ3v) is 6.42. The Kier molecular flexibility index (Phi) is 6.42. The zero-order valence-corrected chi connectivity index (χ0v) is 17.6. The molecule has 2 atom stereocenters. The zero-order valence-electron chi connectivity index (χ0n) is 17.6. The van der Waals surface area contributed by atoms with Crippen molar-refractivity contribution in [1.82, 2.24) is 15.4 Å². The molecule has 1 saturated heterocycles. The van der Waals surface area contributed by atoms with Crippen molar-refractivity contribution in [2.75, 3.05) is 13.1 Å². The first-order valence-corrected chi connectivity index (χ1v) is 10.7. The molecule has 0 spiro atoms. The van der Waals surface area contributed by atoms with Crippen LogP contribution in [0.2, 0.25) is 0 Å². The highest BCUT2D eigenvalue weighted by Crippen LogP contribution is 2.36. The number of alkyl halides is 2. The van der Waals surface area contributed by atoms with Gasteiger partial charge in [0.1, 0.15) is 11.6 Å². The summed E-state index contributed by atoms with van der Waals surface area (Å²) in [6.07, 6.45) is 0.507. The Hall–Kier alpha value is -2.95. The number of likely N-dealkylation sites (tertiary alicyclic amines) is 1. The van der Waals surface area contributed by atoms with E-state index in [0.29, 0.717) is 31.9 Å². The van der Waals surface area contributed by atoms with E-state index in [1.807, 2.05) is 4.90 Å². The van der Waals surface area contributed by atoms with Gasteiger partial charge in [-0.2, -0.15) is 0 Å². The number of hydrogen-bond donors (Lipinski definition) is 2. The van der Waals surface area contributed by atoms with E-state index in [2.05, 4.69) is 10.5 Å². The molecule has 7 nitrogen and oxygen atoms in total. The van der Waals surface area contributed by atoms with Gasteiger partial charge in [0.05, 0.1) is 11.5 Å². The number of halogens is 4. The van der Waals surface area contributed by atoms with E-state index >= 15 is 0 Å². The molecule has 2 N–H and O–H groups in total. The molecular weight excluding hydrogens is 446 g/mol. The van der Waals surface area contributed by atoms with Gasteiger partial charge in [-0.1, -0.05) is 5.16 Å². The maximum absolute atomic E-state index is 14.0. The summed E-state index contributed by atoms with van der Waals surface area (Å²) >= 11 is 0. The fourth-order valence-electron chi connectivity index (χ4n) is 4.56. The lowest BCUT2D eigenvalue weighted by atomic mass is 9.86. The minimum absolute atomic E-state index is 0.0715. The molecule has 33 heavy (non-hydrogen) atoms. The monoisotopic (exact) mass is 469 g/mol. The molecule has 1 aromatic heterocycles. The lowest BCUT2D eigenvalue weighted by Crippen LogP contribution is -2.56. The van der Waals surface area contributed by atoms with Crippen molar-refractivity contribution in [1.29, 1.82) is 0 Å². The summed E-state index contributed by atoms with van der Waals surface area (Å²) in [7, 11) is 0. The Bertz CT molecular complexity index is 1030. The molecule has 1 aliphatic carbocycles. The number of aliphatic carboxylic acids is 1. The molecule has 0 bridgehead atoms. The Morgan fingerprint density at radius 1 is 1.15 bits per heavy atom.